The summed E-state index contributed by atoms with van der Waals surface area (Å²) in [7, 11) is 0. The van der Waals surface area contributed by atoms with Crippen molar-refractivity contribution in [1.82, 2.24) is 15.5 Å². The van der Waals surface area contributed by atoms with Crippen LogP contribution < -0.4 is 25.4 Å². The Labute approximate surface area is 166 Å². The zero-order chi connectivity index (χ0) is 20.4. The molecule has 0 spiro atoms. The molecule has 5 amide bonds. The van der Waals surface area contributed by atoms with Gasteiger partial charge in [0.2, 0.25) is 18.6 Å². The van der Waals surface area contributed by atoms with Crippen molar-refractivity contribution >= 4 is 29.4 Å². The van der Waals surface area contributed by atoms with Gasteiger partial charge in [0.05, 0.1) is 0 Å². The number of amides is 5. The molecule has 0 radical (unpaired) electrons. The van der Waals surface area contributed by atoms with Gasteiger partial charge in [-0.3, -0.25) is 19.7 Å². The fraction of sp³-hybridized carbons (Fsp3) is 0.474. The van der Waals surface area contributed by atoms with E-state index in [0.29, 0.717) is 43.1 Å². The highest BCUT2D eigenvalue weighted by atomic mass is 16.7. The van der Waals surface area contributed by atoms with Crippen molar-refractivity contribution < 1.29 is 28.7 Å². The number of hydrogen-bond donors (Lipinski definition) is 3. The number of anilines is 1. The lowest BCUT2D eigenvalue weighted by atomic mass is 9.95. The molecule has 4 rings (SSSR count). The van der Waals surface area contributed by atoms with Gasteiger partial charge in [-0.1, -0.05) is 0 Å². The second-order valence-corrected chi connectivity index (χ2v) is 7.27. The zero-order valence-electron chi connectivity index (χ0n) is 15.7. The molecule has 3 aliphatic rings. The Hall–Kier alpha value is -3.30. The van der Waals surface area contributed by atoms with Crippen LogP contribution in [-0.4, -0.2) is 54.6 Å². The number of urea groups is 1. The van der Waals surface area contributed by atoms with Crippen molar-refractivity contribution in [2.45, 2.75) is 31.7 Å². The molecular formula is C19H22N4O6. The van der Waals surface area contributed by atoms with Crippen molar-refractivity contribution in [3.63, 3.8) is 0 Å². The topological polar surface area (TPSA) is 126 Å². The average Bonchev–Trinajstić information content (AvgIpc) is 3.31. The Balaban J connectivity index is 1.22. The molecule has 2 fully saturated rings. The summed E-state index contributed by atoms with van der Waals surface area (Å²) >= 11 is 0. The van der Waals surface area contributed by atoms with E-state index in [9.17, 15) is 19.2 Å². The van der Waals surface area contributed by atoms with Gasteiger partial charge < -0.3 is 25.0 Å². The number of rotatable bonds is 5. The quantitative estimate of drug-likeness (QED) is 0.619. The Morgan fingerprint density at radius 2 is 1.90 bits per heavy atom. The molecule has 1 aromatic rings. The normalized spacial score (nSPS) is 21.0. The van der Waals surface area contributed by atoms with Crippen LogP contribution in [0.5, 0.6) is 11.5 Å². The fourth-order valence-corrected chi connectivity index (χ4v) is 3.70. The molecule has 29 heavy (non-hydrogen) atoms. The summed E-state index contributed by atoms with van der Waals surface area (Å²) in [5.41, 5.74) is 0.648. The minimum atomic E-state index is -0.656. The Morgan fingerprint density at radius 1 is 1.14 bits per heavy atom. The van der Waals surface area contributed by atoms with Crippen LogP contribution in [0.25, 0.3) is 0 Å². The van der Waals surface area contributed by atoms with Crippen LogP contribution >= 0.6 is 0 Å². The zero-order valence-corrected chi connectivity index (χ0v) is 15.7. The minimum Gasteiger partial charge on any atom is -0.454 e. The van der Waals surface area contributed by atoms with Crippen LogP contribution in [-0.2, 0) is 14.4 Å². The molecule has 2 saturated heterocycles. The summed E-state index contributed by atoms with van der Waals surface area (Å²) in [5, 5.41) is 7.53. The first-order valence-corrected chi connectivity index (χ1v) is 9.59. The van der Waals surface area contributed by atoms with Crippen LogP contribution in [0.4, 0.5) is 10.5 Å². The van der Waals surface area contributed by atoms with Gasteiger partial charge in [0.1, 0.15) is 6.04 Å². The van der Waals surface area contributed by atoms with Crippen molar-refractivity contribution in [1.29, 1.82) is 0 Å². The van der Waals surface area contributed by atoms with E-state index in [-0.39, 0.29) is 37.4 Å². The smallest absolute Gasteiger partial charge is 0.322 e. The number of imide groups is 1. The molecule has 3 N–H and O–H groups in total. The predicted octanol–water partition coefficient (Wildman–Crippen LogP) is 0.581. The molecule has 0 unspecified atom stereocenters. The van der Waals surface area contributed by atoms with Crippen LogP contribution in [0, 0.1) is 5.92 Å². The van der Waals surface area contributed by atoms with Crippen molar-refractivity contribution in [3.05, 3.63) is 18.2 Å². The number of carbonyl (C=O) groups is 4. The molecule has 0 aliphatic carbocycles. The number of carbonyl (C=O) groups excluding carboxylic acids is 4. The Bertz CT molecular complexity index is 849. The summed E-state index contributed by atoms with van der Waals surface area (Å²) in [4.78, 5) is 49.3. The van der Waals surface area contributed by atoms with Gasteiger partial charge in [-0.15, -0.1) is 0 Å². The van der Waals surface area contributed by atoms with Gasteiger partial charge in [0, 0.05) is 37.2 Å². The summed E-state index contributed by atoms with van der Waals surface area (Å²) in [6.07, 6.45) is 1.58. The Morgan fingerprint density at radius 3 is 2.62 bits per heavy atom. The predicted molar refractivity (Wildman–Crippen MR) is 100 cm³/mol. The maximum atomic E-state index is 12.5. The Kier molecular flexibility index (Phi) is 5.24. The number of nitrogens with zero attached hydrogens (tertiary/aromatic N) is 1. The molecule has 0 bridgehead atoms. The first-order chi connectivity index (χ1) is 14.0. The fourth-order valence-electron chi connectivity index (χ4n) is 3.70. The van der Waals surface area contributed by atoms with Crippen LogP contribution in [0.15, 0.2) is 18.2 Å². The number of hydrogen-bond acceptors (Lipinski definition) is 6. The number of benzene rings is 1. The van der Waals surface area contributed by atoms with Gasteiger partial charge in [0.25, 0.3) is 5.91 Å². The number of likely N-dealkylation sites (tertiary alicyclic amines) is 1. The molecule has 1 atom stereocenters. The highest BCUT2D eigenvalue weighted by Crippen LogP contribution is 2.34. The average molecular weight is 402 g/mol. The highest BCUT2D eigenvalue weighted by molar-refractivity contribution is 6.04. The third-order valence-corrected chi connectivity index (χ3v) is 5.36. The summed E-state index contributed by atoms with van der Waals surface area (Å²) in [5.74, 6) is 0.528. The van der Waals surface area contributed by atoms with Crippen molar-refractivity contribution in [2.75, 3.05) is 25.2 Å². The molecule has 0 aromatic heterocycles. The monoisotopic (exact) mass is 402 g/mol. The molecule has 3 heterocycles. The lowest BCUT2D eigenvalue weighted by molar-refractivity contribution is -0.134. The molecule has 154 valence electrons. The summed E-state index contributed by atoms with van der Waals surface area (Å²) in [6.45, 7) is 1.15. The van der Waals surface area contributed by atoms with Crippen molar-refractivity contribution in [2.24, 2.45) is 5.92 Å². The van der Waals surface area contributed by atoms with Gasteiger partial charge in [-0.25, -0.2) is 4.79 Å². The second-order valence-electron chi connectivity index (χ2n) is 7.27. The highest BCUT2D eigenvalue weighted by Gasteiger charge is 2.31. The molecular weight excluding hydrogens is 380 g/mol. The SMILES string of the molecule is O=C1NC(=O)[C@@H](CCC(=O)N2CCC(C(=O)Nc3ccc4c(c3)OCO4)CC2)N1. The minimum absolute atomic E-state index is 0.0754. The molecule has 0 saturated carbocycles. The van der Waals surface area contributed by atoms with Gasteiger partial charge in [-0.05, 0) is 31.4 Å². The van der Waals surface area contributed by atoms with E-state index in [1.54, 1.807) is 23.1 Å². The van der Waals surface area contributed by atoms with Gasteiger partial charge in [-0.2, -0.15) is 0 Å². The molecule has 3 aliphatic heterocycles. The maximum absolute atomic E-state index is 12.5. The first kappa shape index (κ1) is 19.0. The number of fused-ring (bicyclic) bond motifs is 1. The van der Waals surface area contributed by atoms with E-state index in [2.05, 4.69) is 16.0 Å². The largest absolute Gasteiger partial charge is 0.454 e. The third-order valence-electron chi connectivity index (χ3n) is 5.36. The number of ether oxygens (including phenoxy) is 2. The van der Waals surface area contributed by atoms with Gasteiger partial charge >= 0.3 is 6.03 Å². The third kappa shape index (κ3) is 4.25. The number of nitrogens with one attached hydrogen (secondary N) is 3. The molecule has 1 aromatic carbocycles. The van der Waals surface area contributed by atoms with Gasteiger partial charge in [0.15, 0.2) is 11.5 Å². The van der Waals surface area contributed by atoms with Crippen LogP contribution in [0.1, 0.15) is 25.7 Å². The van der Waals surface area contributed by atoms with E-state index < -0.39 is 18.0 Å². The standard InChI is InChI=1S/C19H22N4O6/c24-16(4-2-13-18(26)22-19(27)21-13)23-7-5-11(6-8-23)17(25)20-12-1-3-14-15(9-12)29-10-28-14/h1,3,9,11,13H,2,4-8,10H2,(H,20,25)(H2,21,22,26,27)/t13-/m1/s1. The first-order valence-electron chi connectivity index (χ1n) is 9.59. The van der Waals surface area contributed by atoms with Crippen molar-refractivity contribution in [3.8, 4) is 11.5 Å². The van der Waals surface area contributed by atoms with Crippen LogP contribution in [0.2, 0.25) is 0 Å². The lowest BCUT2D eigenvalue weighted by Crippen LogP contribution is -2.42. The van der Waals surface area contributed by atoms with E-state index >= 15 is 0 Å². The molecule has 10 heteroatoms. The van der Waals surface area contributed by atoms with E-state index in [0.717, 1.165) is 0 Å². The summed E-state index contributed by atoms with van der Waals surface area (Å²) < 4.78 is 10.6. The van der Waals surface area contributed by atoms with E-state index in [4.69, 9.17) is 9.47 Å². The summed E-state index contributed by atoms with van der Waals surface area (Å²) in [6, 6.07) is 4.07. The van der Waals surface area contributed by atoms with E-state index in [1.165, 1.54) is 0 Å². The lowest BCUT2D eigenvalue weighted by Gasteiger charge is -2.31. The maximum Gasteiger partial charge on any atom is 0.322 e. The van der Waals surface area contributed by atoms with E-state index in [1.807, 2.05) is 0 Å². The number of piperidine rings is 1. The van der Waals surface area contributed by atoms with Crippen LogP contribution in [0.3, 0.4) is 0 Å². The second kappa shape index (κ2) is 7.98. The molecule has 10 nitrogen and oxygen atoms in total.